The number of nitrogens with one attached hydrogen (secondary N) is 1. The van der Waals surface area contributed by atoms with Crippen LogP contribution in [0.5, 0.6) is 0 Å². The highest BCUT2D eigenvalue weighted by molar-refractivity contribution is 5.94. The Morgan fingerprint density at radius 3 is 2.57 bits per heavy atom. The van der Waals surface area contributed by atoms with E-state index in [0.29, 0.717) is 17.3 Å². The molecule has 112 valence electrons. The van der Waals surface area contributed by atoms with Gasteiger partial charge in [-0.2, -0.15) is 4.98 Å². The van der Waals surface area contributed by atoms with Crippen LogP contribution in [0.2, 0.25) is 0 Å². The van der Waals surface area contributed by atoms with E-state index >= 15 is 0 Å². The van der Waals surface area contributed by atoms with Gasteiger partial charge in [0.1, 0.15) is 0 Å². The van der Waals surface area contributed by atoms with E-state index in [1.807, 2.05) is 12.1 Å². The topological polar surface area (TPSA) is 68.0 Å². The lowest BCUT2D eigenvalue weighted by Crippen LogP contribution is -2.24. The average molecular weight is 287 g/mol. The molecule has 0 unspecified atom stereocenters. The van der Waals surface area contributed by atoms with Crippen molar-refractivity contribution in [3.63, 3.8) is 0 Å². The second-order valence-corrected chi connectivity index (χ2v) is 5.04. The summed E-state index contributed by atoms with van der Waals surface area (Å²) in [6.45, 7) is 4.67. The van der Waals surface area contributed by atoms with Gasteiger partial charge in [-0.3, -0.25) is 4.79 Å². The molecule has 0 saturated carbocycles. The van der Waals surface area contributed by atoms with Gasteiger partial charge in [-0.05, 0) is 37.6 Å². The summed E-state index contributed by atoms with van der Waals surface area (Å²) in [5.41, 5.74) is 1.46. The molecule has 0 aliphatic rings. The van der Waals surface area contributed by atoms with Crippen molar-refractivity contribution in [3.8, 4) is 11.5 Å². The molecule has 1 aromatic carbocycles. The van der Waals surface area contributed by atoms with E-state index in [4.69, 9.17) is 4.52 Å². The van der Waals surface area contributed by atoms with Gasteiger partial charge in [-0.1, -0.05) is 31.3 Å². The molecule has 0 aliphatic carbocycles. The number of unbranched alkanes of at least 4 members (excludes halogenated alkanes) is 3. The largest absolute Gasteiger partial charge is 0.352 e. The fourth-order valence-corrected chi connectivity index (χ4v) is 2.03. The van der Waals surface area contributed by atoms with Crippen molar-refractivity contribution < 1.29 is 9.32 Å². The molecule has 1 N–H and O–H groups in total. The molecule has 0 saturated heterocycles. The van der Waals surface area contributed by atoms with Gasteiger partial charge in [0.2, 0.25) is 0 Å². The van der Waals surface area contributed by atoms with Crippen molar-refractivity contribution in [2.75, 3.05) is 6.54 Å². The second kappa shape index (κ2) is 7.57. The van der Waals surface area contributed by atoms with Crippen molar-refractivity contribution in [3.05, 3.63) is 35.7 Å². The first-order valence-corrected chi connectivity index (χ1v) is 7.39. The molecule has 0 radical (unpaired) electrons. The van der Waals surface area contributed by atoms with Crippen LogP contribution in [0.15, 0.2) is 28.8 Å². The summed E-state index contributed by atoms with van der Waals surface area (Å²) in [7, 11) is 0. The van der Waals surface area contributed by atoms with Gasteiger partial charge in [0.05, 0.1) is 0 Å². The molecule has 0 fully saturated rings. The zero-order chi connectivity index (χ0) is 15.1. The second-order valence-electron chi connectivity index (χ2n) is 5.04. The Balaban J connectivity index is 1.88. The van der Waals surface area contributed by atoms with Gasteiger partial charge in [-0.15, -0.1) is 0 Å². The first-order valence-electron chi connectivity index (χ1n) is 7.39. The maximum atomic E-state index is 12.0. The van der Waals surface area contributed by atoms with Gasteiger partial charge >= 0.3 is 0 Å². The molecule has 21 heavy (non-hydrogen) atoms. The van der Waals surface area contributed by atoms with Crippen LogP contribution < -0.4 is 5.32 Å². The number of carbonyl (C=O) groups excluding carboxylic acids is 1. The highest BCUT2D eigenvalue weighted by Gasteiger charge is 2.08. The van der Waals surface area contributed by atoms with Crippen LogP contribution in [-0.2, 0) is 0 Å². The Hall–Kier alpha value is -2.17. The van der Waals surface area contributed by atoms with Crippen molar-refractivity contribution in [1.29, 1.82) is 0 Å². The molecule has 1 heterocycles. The van der Waals surface area contributed by atoms with Crippen LogP contribution >= 0.6 is 0 Å². The summed E-state index contributed by atoms with van der Waals surface area (Å²) in [6, 6.07) is 7.18. The molecule has 0 spiro atoms. The molecule has 2 aromatic rings. The van der Waals surface area contributed by atoms with Gasteiger partial charge in [-0.25, -0.2) is 0 Å². The van der Waals surface area contributed by atoms with Gasteiger partial charge in [0.25, 0.3) is 11.8 Å². The Labute approximate surface area is 124 Å². The zero-order valence-electron chi connectivity index (χ0n) is 12.6. The van der Waals surface area contributed by atoms with E-state index in [1.165, 1.54) is 12.8 Å². The van der Waals surface area contributed by atoms with Crippen molar-refractivity contribution in [2.45, 2.75) is 39.5 Å². The summed E-state index contributed by atoms with van der Waals surface area (Å²) in [5, 5.41) is 6.68. The molecule has 1 amide bonds. The number of amides is 1. The van der Waals surface area contributed by atoms with E-state index in [0.717, 1.165) is 24.9 Å². The summed E-state index contributed by atoms with van der Waals surface area (Å²) in [4.78, 5) is 16.1. The van der Waals surface area contributed by atoms with E-state index in [2.05, 4.69) is 22.4 Å². The molecule has 1 aromatic heterocycles. The number of aryl methyl sites for hydroxylation is 1. The molecule has 0 atom stereocenters. The van der Waals surface area contributed by atoms with Crippen molar-refractivity contribution in [1.82, 2.24) is 15.5 Å². The zero-order valence-corrected chi connectivity index (χ0v) is 12.6. The van der Waals surface area contributed by atoms with Crippen LogP contribution in [0.25, 0.3) is 11.5 Å². The van der Waals surface area contributed by atoms with Crippen LogP contribution in [0.3, 0.4) is 0 Å². The minimum absolute atomic E-state index is 0.0419. The maximum Gasteiger partial charge on any atom is 0.257 e. The quantitative estimate of drug-likeness (QED) is 0.793. The number of rotatable bonds is 7. The maximum absolute atomic E-state index is 12.0. The third-order valence-electron chi connectivity index (χ3n) is 3.24. The minimum atomic E-state index is -0.0419. The summed E-state index contributed by atoms with van der Waals surface area (Å²) in [6.07, 6.45) is 4.60. The number of hydrogen-bond acceptors (Lipinski definition) is 4. The Morgan fingerprint density at radius 2 is 1.95 bits per heavy atom. The Bertz CT molecular complexity index is 575. The highest BCUT2D eigenvalue weighted by Crippen LogP contribution is 2.17. The van der Waals surface area contributed by atoms with Crippen molar-refractivity contribution >= 4 is 5.91 Å². The number of aromatic nitrogens is 2. The first-order chi connectivity index (χ1) is 10.2. The molecule has 2 rings (SSSR count). The number of hydrogen-bond donors (Lipinski definition) is 1. The van der Waals surface area contributed by atoms with Gasteiger partial charge in [0.15, 0.2) is 5.82 Å². The van der Waals surface area contributed by atoms with Crippen LogP contribution in [0.4, 0.5) is 0 Å². The number of nitrogens with zero attached hydrogens (tertiary/aromatic N) is 2. The molecule has 5 heteroatoms. The predicted octanol–water partition coefficient (Wildman–Crippen LogP) is 3.36. The smallest absolute Gasteiger partial charge is 0.257 e. The summed E-state index contributed by atoms with van der Waals surface area (Å²) < 4.78 is 5.09. The average Bonchev–Trinajstić information content (AvgIpc) is 2.93. The normalized spacial score (nSPS) is 10.6. The minimum Gasteiger partial charge on any atom is -0.352 e. The number of carbonyl (C=O) groups is 1. The molecule has 0 bridgehead atoms. The van der Waals surface area contributed by atoms with Crippen LogP contribution in [0, 0.1) is 6.92 Å². The lowest BCUT2D eigenvalue weighted by molar-refractivity contribution is 0.0953. The molecular formula is C16H21N3O2. The lowest BCUT2D eigenvalue weighted by atomic mass is 10.1. The Kier molecular flexibility index (Phi) is 5.49. The first kappa shape index (κ1) is 15.2. The summed E-state index contributed by atoms with van der Waals surface area (Å²) >= 11 is 0. The van der Waals surface area contributed by atoms with Crippen molar-refractivity contribution in [2.24, 2.45) is 0 Å². The fraction of sp³-hybridized carbons (Fsp3) is 0.438. The van der Waals surface area contributed by atoms with Crippen LogP contribution in [-0.4, -0.2) is 22.6 Å². The van der Waals surface area contributed by atoms with Gasteiger partial charge < -0.3 is 9.84 Å². The highest BCUT2D eigenvalue weighted by atomic mass is 16.5. The fourth-order valence-electron chi connectivity index (χ4n) is 2.03. The van der Waals surface area contributed by atoms with E-state index in [-0.39, 0.29) is 5.91 Å². The summed E-state index contributed by atoms with van der Waals surface area (Å²) in [5.74, 6) is 1.03. The standard InChI is InChI=1S/C16H21N3O2/c1-3-4-5-6-11-17-15(20)13-7-9-14(10-8-13)16-18-12(2)19-21-16/h7-10H,3-6,11H2,1-2H3,(H,17,20). The molecule has 5 nitrogen and oxygen atoms in total. The van der Waals surface area contributed by atoms with Gasteiger partial charge in [0, 0.05) is 17.7 Å². The van der Waals surface area contributed by atoms with E-state index < -0.39 is 0 Å². The SMILES string of the molecule is CCCCCCNC(=O)c1ccc(-c2nc(C)no2)cc1. The van der Waals surface area contributed by atoms with Crippen LogP contribution in [0.1, 0.15) is 48.8 Å². The lowest BCUT2D eigenvalue weighted by Gasteiger charge is -2.05. The molecule has 0 aliphatic heterocycles. The monoisotopic (exact) mass is 287 g/mol. The molecular weight excluding hydrogens is 266 g/mol. The number of benzene rings is 1. The van der Waals surface area contributed by atoms with E-state index in [1.54, 1.807) is 19.1 Å². The Morgan fingerprint density at radius 1 is 1.19 bits per heavy atom. The third kappa shape index (κ3) is 4.41. The predicted molar refractivity (Wildman–Crippen MR) is 80.9 cm³/mol. The third-order valence-corrected chi connectivity index (χ3v) is 3.24. The van der Waals surface area contributed by atoms with E-state index in [9.17, 15) is 4.79 Å².